The highest BCUT2D eigenvalue weighted by Gasteiger charge is 1.32. The second-order valence-electron chi connectivity index (χ2n) is 0.141. The van der Waals surface area contributed by atoms with Gasteiger partial charge in [0.15, 0.2) is 0 Å². The molecule has 0 radical (unpaired) electrons. The summed E-state index contributed by atoms with van der Waals surface area (Å²) in [5, 5.41) is 28.2. The van der Waals surface area contributed by atoms with Gasteiger partial charge in [-0.05, 0) is 0 Å². The first-order valence-electron chi connectivity index (χ1n) is 1.53. The van der Waals surface area contributed by atoms with Crippen LogP contribution in [0.25, 0.3) is 0 Å². The highest BCUT2D eigenvalue weighted by molar-refractivity contribution is 3.50. The van der Waals surface area contributed by atoms with Crippen LogP contribution in [0.4, 0.5) is 0 Å². The molecular weight excluding hydrogens is 128 g/mol. The quantitative estimate of drug-likeness (QED) is 0.295. The van der Waals surface area contributed by atoms with Gasteiger partial charge < -0.3 is 25.9 Å². The highest BCUT2D eigenvalue weighted by Crippen LogP contribution is 1.17. The molecule has 0 spiro atoms. The molecular formula is C4H18O5. The smallest absolute Gasteiger partial charge is 0.140 e. The Balaban J connectivity index is -0.00000000825. The molecule has 0 fully saturated rings. The Morgan fingerprint density at radius 3 is 0.889 bits per heavy atom. The summed E-state index contributed by atoms with van der Waals surface area (Å²) in [6, 6.07) is 0. The van der Waals surface area contributed by atoms with E-state index in [9.17, 15) is 0 Å². The fourth-order valence-electron chi connectivity index (χ4n) is 0. The van der Waals surface area contributed by atoms with E-state index in [4.69, 9.17) is 20.4 Å². The molecule has 0 aliphatic heterocycles. The van der Waals surface area contributed by atoms with Gasteiger partial charge in [-0.3, -0.25) is 0 Å². The number of rotatable bonds is 0. The van der Waals surface area contributed by atoms with Gasteiger partial charge >= 0.3 is 0 Å². The lowest BCUT2D eigenvalue weighted by Gasteiger charge is -1.55. The zero-order valence-corrected chi connectivity index (χ0v) is 5.00. The van der Waals surface area contributed by atoms with Gasteiger partial charge in [-0.25, -0.2) is 0 Å². The Bertz CT molecular complexity index is 8.92. The van der Waals surface area contributed by atoms with Gasteiger partial charge in [-0.15, -0.1) is 0 Å². The van der Waals surface area contributed by atoms with Crippen LogP contribution in [0.5, 0.6) is 0 Å². The monoisotopic (exact) mass is 146 g/mol. The maximum absolute atomic E-state index is 7.12. The topological polar surface area (TPSA) is 112 Å². The lowest BCUT2D eigenvalue weighted by atomic mass is 11.6. The first-order valence-corrected chi connectivity index (χ1v) is 1.53. The zero-order valence-electron chi connectivity index (χ0n) is 5.00. The Hall–Kier alpha value is -0.200. The van der Waals surface area contributed by atoms with Crippen LogP contribution in [-0.4, -0.2) is 46.9 Å². The van der Waals surface area contributed by atoms with Crippen molar-refractivity contribution in [3.05, 3.63) is 0 Å². The summed E-state index contributed by atoms with van der Waals surface area (Å²) < 4.78 is 0. The molecule has 5 heteroatoms. The minimum absolute atomic E-state index is 0. The van der Waals surface area contributed by atoms with E-state index in [2.05, 4.69) is 0 Å². The Labute approximate surface area is 55.5 Å². The van der Waals surface area contributed by atoms with E-state index < -0.39 is 6.79 Å². The van der Waals surface area contributed by atoms with E-state index >= 15 is 0 Å². The van der Waals surface area contributed by atoms with Gasteiger partial charge in [0.25, 0.3) is 0 Å². The normalized spacial score (nSPS) is 3.33. The molecule has 0 aromatic rings. The van der Waals surface area contributed by atoms with Crippen molar-refractivity contribution in [3.63, 3.8) is 0 Å². The van der Waals surface area contributed by atoms with Crippen molar-refractivity contribution in [2.45, 2.75) is 7.43 Å². The molecule has 0 aromatic heterocycles. The summed E-state index contributed by atoms with van der Waals surface area (Å²) in [5.74, 6) is 0. The van der Waals surface area contributed by atoms with Crippen LogP contribution in [0.1, 0.15) is 7.43 Å². The van der Waals surface area contributed by atoms with E-state index in [0.717, 1.165) is 14.2 Å². The molecule has 0 amide bonds. The van der Waals surface area contributed by atoms with Crippen LogP contribution in [0, 0.1) is 0 Å². The Morgan fingerprint density at radius 1 is 0.889 bits per heavy atom. The largest absolute Gasteiger partial charge is 0.412 e. The third-order valence-corrected chi connectivity index (χ3v) is 0. The van der Waals surface area contributed by atoms with Gasteiger partial charge in [0, 0.05) is 14.2 Å². The van der Waals surface area contributed by atoms with Crippen LogP contribution in [-0.2, 0) is 0 Å². The van der Waals surface area contributed by atoms with Gasteiger partial charge in [-0.2, -0.15) is 0 Å². The second kappa shape index (κ2) is 564. The van der Waals surface area contributed by atoms with Crippen molar-refractivity contribution in [2.75, 3.05) is 21.0 Å². The van der Waals surface area contributed by atoms with Crippen LogP contribution in [0.3, 0.4) is 0 Å². The maximum atomic E-state index is 7.12. The summed E-state index contributed by atoms with van der Waals surface area (Å²) in [7, 11) is 2.00. The summed E-state index contributed by atoms with van der Waals surface area (Å²) >= 11 is 0. The number of hydrogen-bond acceptors (Lipinski definition) is 4. The molecule has 0 saturated heterocycles. The highest BCUT2D eigenvalue weighted by atomic mass is 16.5. The SMILES string of the molecule is C.CO.CO.O.OCO. The fraction of sp³-hybridized carbons (Fsp3) is 1.00. The molecule has 0 bridgehead atoms. The van der Waals surface area contributed by atoms with Crippen molar-refractivity contribution < 1.29 is 25.9 Å². The first kappa shape index (κ1) is 37.1. The van der Waals surface area contributed by atoms with Gasteiger partial charge in [0.05, 0.1) is 0 Å². The molecule has 6 N–H and O–H groups in total. The molecule has 64 valence electrons. The predicted molar refractivity (Wildman–Crippen MR) is 35.9 cm³/mol. The van der Waals surface area contributed by atoms with Crippen molar-refractivity contribution in [3.8, 4) is 0 Å². The third kappa shape index (κ3) is 6560. The molecule has 0 aromatic carbocycles. The first-order chi connectivity index (χ1) is 3.41. The minimum atomic E-state index is -0.750. The molecule has 0 aliphatic rings. The van der Waals surface area contributed by atoms with Crippen molar-refractivity contribution in [2.24, 2.45) is 0 Å². The summed E-state index contributed by atoms with van der Waals surface area (Å²) in [6.45, 7) is -0.750. The van der Waals surface area contributed by atoms with Crippen LogP contribution < -0.4 is 0 Å². The number of aliphatic hydroxyl groups excluding tert-OH is 3. The molecule has 0 aliphatic carbocycles. The summed E-state index contributed by atoms with van der Waals surface area (Å²) in [5.41, 5.74) is 0. The molecule has 0 saturated carbocycles. The van der Waals surface area contributed by atoms with E-state index in [1.54, 1.807) is 0 Å². The Kier molecular flexibility index (Phi) is 2320. The minimum Gasteiger partial charge on any atom is -0.412 e. The van der Waals surface area contributed by atoms with Gasteiger partial charge in [-0.1, -0.05) is 7.43 Å². The third-order valence-electron chi connectivity index (χ3n) is 0. The van der Waals surface area contributed by atoms with Crippen LogP contribution >= 0.6 is 0 Å². The van der Waals surface area contributed by atoms with Crippen molar-refractivity contribution in [1.29, 1.82) is 0 Å². The number of aliphatic hydroxyl groups is 4. The van der Waals surface area contributed by atoms with Crippen molar-refractivity contribution >= 4 is 0 Å². The lowest BCUT2D eigenvalue weighted by molar-refractivity contribution is 0.0773. The molecule has 0 atom stereocenters. The molecule has 0 unspecified atom stereocenters. The maximum Gasteiger partial charge on any atom is 0.140 e. The fourth-order valence-corrected chi connectivity index (χ4v) is 0. The standard InChI is InChI=1S/CH4O2.2CH4O.CH4.H2O/c2-1-3;2*1-2;;/h2-3H,1H2;2*2H,1H3;1H4;1H2. The van der Waals surface area contributed by atoms with Crippen molar-refractivity contribution in [1.82, 2.24) is 0 Å². The number of hydrogen-bond donors (Lipinski definition) is 4. The van der Waals surface area contributed by atoms with E-state index in [1.165, 1.54) is 0 Å². The molecule has 9 heavy (non-hydrogen) atoms. The molecule has 0 heterocycles. The summed E-state index contributed by atoms with van der Waals surface area (Å²) in [4.78, 5) is 0. The Morgan fingerprint density at radius 2 is 0.889 bits per heavy atom. The molecule has 0 rings (SSSR count). The van der Waals surface area contributed by atoms with E-state index in [-0.39, 0.29) is 12.9 Å². The lowest BCUT2D eigenvalue weighted by Crippen LogP contribution is -1.66. The van der Waals surface area contributed by atoms with Crippen LogP contribution in [0.15, 0.2) is 0 Å². The van der Waals surface area contributed by atoms with E-state index in [1.807, 2.05) is 0 Å². The van der Waals surface area contributed by atoms with Gasteiger partial charge in [0.2, 0.25) is 0 Å². The average molecular weight is 146 g/mol. The second-order valence-corrected chi connectivity index (χ2v) is 0.141. The predicted octanol–water partition coefficient (Wildman–Crippen LogP) is -2.04. The average Bonchev–Trinajstić information content (AvgIpc) is 1.78. The summed E-state index contributed by atoms with van der Waals surface area (Å²) in [6.07, 6.45) is 0. The molecule has 5 nitrogen and oxygen atoms in total. The zero-order chi connectivity index (χ0) is 6.71. The van der Waals surface area contributed by atoms with Gasteiger partial charge in [0.1, 0.15) is 6.79 Å². The van der Waals surface area contributed by atoms with Crippen LogP contribution in [0.2, 0.25) is 0 Å². The van der Waals surface area contributed by atoms with E-state index in [0.29, 0.717) is 0 Å².